The summed E-state index contributed by atoms with van der Waals surface area (Å²) in [6.45, 7) is 11.5. The second-order valence-electron chi connectivity index (χ2n) is 10.7. The van der Waals surface area contributed by atoms with Crippen molar-refractivity contribution in [2.45, 2.75) is 40.0 Å². The number of benzene rings is 1. The van der Waals surface area contributed by atoms with Crippen LogP contribution in [0.5, 0.6) is 0 Å². The predicted octanol–water partition coefficient (Wildman–Crippen LogP) is 3.25. The SMILES string of the molecule is CC(C)=CC(=O)N1CCN(c2ccc(Nc3ncc(C)c(N4CCC5(CCNC5=O)CC4)n3)cc2)CC1. The molecule has 0 saturated carbocycles. The number of piperidine rings is 1. The molecule has 3 aliphatic rings. The molecule has 2 N–H and O–H groups in total. The lowest BCUT2D eigenvalue weighted by atomic mass is 9.77. The minimum atomic E-state index is -0.186. The molecule has 0 atom stereocenters. The van der Waals surface area contributed by atoms with Crippen molar-refractivity contribution in [3.8, 4) is 0 Å². The first kappa shape index (κ1) is 25.0. The molecule has 3 saturated heterocycles. The lowest BCUT2D eigenvalue weighted by Gasteiger charge is -2.38. The number of carbonyl (C=O) groups excluding carboxylic acids is 2. The molecule has 3 fully saturated rings. The molecule has 2 amide bonds. The summed E-state index contributed by atoms with van der Waals surface area (Å²) in [7, 11) is 0. The standard InChI is InChI=1S/C28H37N7O2/c1-20(2)18-24(36)34-16-14-33(15-17-34)23-6-4-22(5-7-23)31-27-30-19-21(3)25(32-27)35-12-9-28(10-13-35)8-11-29-26(28)37/h4-7,18-19H,8-17H2,1-3H3,(H,29,37)(H,30,31,32). The third-order valence-electron chi connectivity index (χ3n) is 7.83. The van der Waals surface area contributed by atoms with Crippen molar-refractivity contribution in [2.75, 3.05) is 60.9 Å². The van der Waals surface area contributed by atoms with Gasteiger partial charge in [0.25, 0.3) is 0 Å². The minimum Gasteiger partial charge on any atom is -0.368 e. The molecule has 1 aromatic carbocycles. The highest BCUT2D eigenvalue weighted by molar-refractivity contribution is 5.88. The number of anilines is 4. The van der Waals surface area contributed by atoms with Gasteiger partial charge >= 0.3 is 0 Å². The molecular weight excluding hydrogens is 466 g/mol. The van der Waals surface area contributed by atoms with E-state index in [4.69, 9.17) is 4.98 Å². The van der Waals surface area contributed by atoms with Gasteiger partial charge in [-0.15, -0.1) is 0 Å². The Morgan fingerprint density at radius 2 is 1.70 bits per heavy atom. The first-order valence-corrected chi connectivity index (χ1v) is 13.3. The first-order valence-electron chi connectivity index (χ1n) is 13.3. The lowest BCUT2D eigenvalue weighted by molar-refractivity contribution is -0.128. The zero-order valence-electron chi connectivity index (χ0n) is 22.1. The van der Waals surface area contributed by atoms with E-state index in [1.165, 1.54) is 0 Å². The second-order valence-corrected chi connectivity index (χ2v) is 10.7. The van der Waals surface area contributed by atoms with Crippen LogP contribution in [0.25, 0.3) is 0 Å². The molecule has 2 aromatic rings. The van der Waals surface area contributed by atoms with Gasteiger partial charge in [-0.05, 0) is 64.3 Å². The van der Waals surface area contributed by atoms with E-state index in [9.17, 15) is 9.59 Å². The summed E-state index contributed by atoms with van der Waals surface area (Å²) in [5.41, 5.74) is 3.95. The van der Waals surface area contributed by atoms with Crippen molar-refractivity contribution in [3.63, 3.8) is 0 Å². The van der Waals surface area contributed by atoms with Crippen LogP contribution in [-0.2, 0) is 9.59 Å². The molecule has 9 nitrogen and oxygen atoms in total. The van der Waals surface area contributed by atoms with Crippen molar-refractivity contribution in [3.05, 3.63) is 47.7 Å². The average Bonchev–Trinajstić information content (AvgIpc) is 3.25. The van der Waals surface area contributed by atoms with Gasteiger partial charge in [0.2, 0.25) is 17.8 Å². The molecule has 4 heterocycles. The maximum Gasteiger partial charge on any atom is 0.246 e. The van der Waals surface area contributed by atoms with Gasteiger partial charge in [0.15, 0.2) is 0 Å². The summed E-state index contributed by atoms with van der Waals surface area (Å²) in [5, 5.41) is 6.35. The van der Waals surface area contributed by atoms with Crippen LogP contribution in [0.3, 0.4) is 0 Å². The van der Waals surface area contributed by atoms with Crippen molar-refractivity contribution >= 4 is 35.0 Å². The maximum atomic E-state index is 12.3. The Bertz CT molecular complexity index is 1170. The van der Waals surface area contributed by atoms with Crippen molar-refractivity contribution in [2.24, 2.45) is 5.41 Å². The third kappa shape index (κ3) is 5.40. The van der Waals surface area contributed by atoms with E-state index in [-0.39, 0.29) is 17.2 Å². The van der Waals surface area contributed by atoms with E-state index in [1.807, 2.05) is 44.0 Å². The summed E-state index contributed by atoms with van der Waals surface area (Å²) in [5.74, 6) is 1.82. The number of nitrogens with zero attached hydrogens (tertiary/aromatic N) is 5. The van der Waals surface area contributed by atoms with Gasteiger partial charge in [0, 0.05) is 75.0 Å². The number of hydrogen-bond donors (Lipinski definition) is 2. The smallest absolute Gasteiger partial charge is 0.246 e. The molecule has 196 valence electrons. The first-order chi connectivity index (χ1) is 17.8. The number of aromatic nitrogens is 2. The largest absolute Gasteiger partial charge is 0.368 e. The fourth-order valence-corrected chi connectivity index (χ4v) is 5.56. The monoisotopic (exact) mass is 503 g/mol. The van der Waals surface area contributed by atoms with E-state index in [0.717, 1.165) is 93.4 Å². The summed E-state index contributed by atoms with van der Waals surface area (Å²) in [4.78, 5) is 40.5. The number of hydrogen-bond acceptors (Lipinski definition) is 7. The minimum absolute atomic E-state index is 0.102. The normalized spacial score (nSPS) is 19.1. The molecule has 37 heavy (non-hydrogen) atoms. The van der Waals surface area contributed by atoms with E-state index in [0.29, 0.717) is 5.95 Å². The summed E-state index contributed by atoms with van der Waals surface area (Å²) in [6.07, 6.45) is 6.24. The average molecular weight is 504 g/mol. The molecule has 0 unspecified atom stereocenters. The van der Waals surface area contributed by atoms with Crippen molar-refractivity contribution < 1.29 is 9.59 Å². The number of aryl methyl sites for hydroxylation is 1. The quantitative estimate of drug-likeness (QED) is 0.605. The zero-order chi connectivity index (χ0) is 26.0. The van der Waals surface area contributed by atoms with Crippen molar-refractivity contribution in [1.82, 2.24) is 20.2 Å². The molecule has 0 aliphatic carbocycles. The lowest BCUT2D eigenvalue weighted by Crippen LogP contribution is -2.48. The van der Waals surface area contributed by atoms with Crippen LogP contribution >= 0.6 is 0 Å². The highest BCUT2D eigenvalue weighted by Gasteiger charge is 2.44. The summed E-state index contributed by atoms with van der Waals surface area (Å²) >= 11 is 0. The maximum absolute atomic E-state index is 12.3. The molecule has 1 aromatic heterocycles. The summed E-state index contributed by atoms with van der Waals surface area (Å²) < 4.78 is 0. The third-order valence-corrected chi connectivity index (χ3v) is 7.83. The topological polar surface area (TPSA) is 93.7 Å². The summed E-state index contributed by atoms with van der Waals surface area (Å²) in [6, 6.07) is 8.29. The molecule has 3 aliphatic heterocycles. The van der Waals surface area contributed by atoms with Crippen LogP contribution in [0, 0.1) is 12.3 Å². The van der Waals surface area contributed by atoms with Crippen LogP contribution in [0.4, 0.5) is 23.1 Å². The molecule has 5 rings (SSSR count). The fourth-order valence-electron chi connectivity index (χ4n) is 5.56. The molecular formula is C28H37N7O2. The Labute approximate surface area is 218 Å². The van der Waals surface area contributed by atoms with E-state index >= 15 is 0 Å². The number of nitrogens with one attached hydrogen (secondary N) is 2. The molecule has 0 bridgehead atoms. The zero-order valence-corrected chi connectivity index (χ0v) is 22.1. The van der Waals surface area contributed by atoms with Crippen molar-refractivity contribution in [1.29, 1.82) is 0 Å². The molecule has 1 spiro atoms. The Morgan fingerprint density at radius 3 is 2.32 bits per heavy atom. The Morgan fingerprint density at radius 1 is 1.00 bits per heavy atom. The molecule has 9 heteroatoms. The van der Waals surface area contributed by atoms with Gasteiger partial charge in [-0.1, -0.05) is 5.57 Å². The number of rotatable bonds is 5. The van der Waals surface area contributed by atoms with E-state index in [2.05, 4.69) is 37.6 Å². The van der Waals surface area contributed by atoms with Gasteiger partial charge in [-0.2, -0.15) is 4.98 Å². The van der Waals surface area contributed by atoms with Crippen LogP contribution in [-0.4, -0.2) is 72.5 Å². The van der Waals surface area contributed by atoms with Gasteiger partial charge in [0.05, 0.1) is 5.41 Å². The van der Waals surface area contributed by atoms with Gasteiger partial charge in [-0.3, -0.25) is 9.59 Å². The Kier molecular flexibility index (Phi) is 7.04. The van der Waals surface area contributed by atoms with Gasteiger partial charge < -0.3 is 25.3 Å². The predicted molar refractivity (Wildman–Crippen MR) is 146 cm³/mol. The van der Waals surface area contributed by atoms with Crippen LogP contribution in [0.2, 0.25) is 0 Å². The van der Waals surface area contributed by atoms with Crippen LogP contribution < -0.4 is 20.4 Å². The fraction of sp³-hybridized carbons (Fsp3) is 0.500. The highest BCUT2D eigenvalue weighted by atomic mass is 16.2. The second kappa shape index (κ2) is 10.4. The number of piperazine rings is 1. The van der Waals surface area contributed by atoms with E-state index < -0.39 is 0 Å². The van der Waals surface area contributed by atoms with Gasteiger partial charge in [-0.25, -0.2) is 4.98 Å². The number of carbonyl (C=O) groups is 2. The highest BCUT2D eigenvalue weighted by Crippen LogP contribution is 2.39. The number of allylic oxidation sites excluding steroid dienone is 1. The van der Waals surface area contributed by atoms with Crippen LogP contribution in [0.15, 0.2) is 42.1 Å². The van der Waals surface area contributed by atoms with Crippen LogP contribution in [0.1, 0.15) is 38.7 Å². The van der Waals surface area contributed by atoms with E-state index in [1.54, 1.807) is 6.08 Å². The van der Waals surface area contributed by atoms with Gasteiger partial charge in [0.1, 0.15) is 5.82 Å². The number of amides is 2. The Balaban J connectivity index is 1.19. The Hall–Kier alpha value is -3.62. The molecule has 0 radical (unpaired) electrons.